The minimum atomic E-state index is -3.38. The lowest BCUT2D eigenvalue weighted by Crippen LogP contribution is -2.45. The fourth-order valence-electron chi connectivity index (χ4n) is 1.78. The number of hydrogen-bond acceptors (Lipinski definition) is 4. The van der Waals surface area contributed by atoms with Crippen LogP contribution in [0.2, 0.25) is 0 Å². The summed E-state index contributed by atoms with van der Waals surface area (Å²) < 4.78 is 26.0. The maximum atomic E-state index is 12.1. The van der Waals surface area contributed by atoms with E-state index in [1.807, 2.05) is 6.92 Å². The summed E-state index contributed by atoms with van der Waals surface area (Å²) in [5, 5.41) is 11.5. The van der Waals surface area contributed by atoms with Crippen molar-refractivity contribution in [2.24, 2.45) is 5.92 Å². The Bertz CT molecular complexity index is 441. The SMILES string of the molecule is CC1CCN(S(=O)(=O)c2cccs2)CC1O. The fourth-order valence-corrected chi connectivity index (χ4v) is 4.39. The zero-order valence-electron chi connectivity index (χ0n) is 9.04. The molecule has 4 nitrogen and oxygen atoms in total. The van der Waals surface area contributed by atoms with E-state index in [-0.39, 0.29) is 12.5 Å². The van der Waals surface area contributed by atoms with Gasteiger partial charge in [0.2, 0.25) is 0 Å². The van der Waals surface area contributed by atoms with E-state index in [1.54, 1.807) is 17.5 Å². The maximum absolute atomic E-state index is 12.1. The van der Waals surface area contributed by atoms with Gasteiger partial charge in [-0.1, -0.05) is 13.0 Å². The second-order valence-electron chi connectivity index (χ2n) is 4.13. The molecule has 0 bridgehead atoms. The van der Waals surface area contributed by atoms with E-state index in [9.17, 15) is 13.5 Å². The summed E-state index contributed by atoms with van der Waals surface area (Å²) >= 11 is 1.21. The largest absolute Gasteiger partial charge is 0.391 e. The Morgan fingerprint density at radius 2 is 2.31 bits per heavy atom. The molecule has 0 spiro atoms. The minimum absolute atomic E-state index is 0.176. The molecular formula is C10H15NO3S2. The average Bonchev–Trinajstić information content (AvgIpc) is 2.75. The highest BCUT2D eigenvalue weighted by Gasteiger charge is 2.33. The van der Waals surface area contributed by atoms with Crippen molar-refractivity contribution in [2.45, 2.75) is 23.7 Å². The number of thiophene rings is 1. The predicted molar refractivity (Wildman–Crippen MR) is 62.9 cm³/mol. The van der Waals surface area contributed by atoms with Crippen LogP contribution in [-0.4, -0.2) is 37.0 Å². The lowest BCUT2D eigenvalue weighted by atomic mass is 9.98. The maximum Gasteiger partial charge on any atom is 0.252 e. The third-order valence-electron chi connectivity index (χ3n) is 2.97. The van der Waals surface area contributed by atoms with Gasteiger partial charge in [0, 0.05) is 13.1 Å². The highest BCUT2D eigenvalue weighted by Crippen LogP contribution is 2.26. The molecule has 2 rings (SSSR count). The molecule has 1 N–H and O–H groups in total. The molecule has 2 heterocycles. The monoisotopic (exact) mass is 261 g/mol. The molecule has 1 fully saturated rings. The Labute approximate surface area is 99.6 Å². The number of rotatable bonds is 2. The van der Waals surface area contributed by atoms with Gasteiger partial charge in [-0.3, -0.25) is 0 Å². The molecule has 2 atom stereocenters. The molecule has 90 valence electrons. The van der Waals surface area contributed by atoms with Crippen molar-refractivity contribution in [3.8, 4) is 0 Å². The zero-order valence-corrected chi connectivity index (χ0v) is 10.7. The van der Waals surface area contributed by atoms with Gasteiger partial charge in [-0.05, 0) is 23.8 Å². The molecule has 0 amide bonds. The Hall–Kier alpha value is -0.430. The van der Waals surface area contributed by atoms with E-state index < -0.39 is 16.1 Å². The van der Waals surface area contributed by atoms with Crippen molar-refractivity contribution < 1.29 is 13.5 Å². The van der Waals surface area contributed by atoms with Crippen molar-refractivity contribution in [1.82, 2.24) is 4.31 Å². The summed E-state index contributed by atoms with van der Waals surface area (Å²) in [7, 11) is -3.38. The standard InChI is InChI=1S/C10H15NO3S2/c1-8-4-5-11(7-9(8)12)16(13,14)10-3-2-6-15-10/h2-3,6,8-9,12H,4-5,7H2,1H3. The molecule has 1 aliphatic heterocycles. The predicted octanol–water partition coefficient (Wildman–Crippen LogP) is 1.14. The minimum Gasteiger partial charge on any atom is -0.391 e. The Kier molecular flexibility index (Phi) is 3.34. The number of β-amino-alcohol motifs (C(OH)–C–C–N with tert-alkyl or cyclic N) is 1. The molecule has 1 aromatic heterocycles. The molecule has 2 unspecified atom stereocenters. The number of sulfonamides is 1. The van der Waals surface area contributed by atoms with E-state index in [0.29, 0.717) is 17.2 Å². The summed E-state index contributed by atoms with van der Waals surface area (Å²) in [6.07, 6.45) is 0.162. The van der Waals surface area contributed by atoms with Crippen molar-refractivity contribution in [3.63, 3.8) is 0 Å². The van der Waals surface area contributed by atoms with E-state index in [2.05, 4.69) is 0 Å². The van der Waals surface area contributed by atoms with Crippen LogP contribution in [0.4, 0.5) is 0 Å². The quantitative estimate of drug-likeness (QED) is 0.868. The van der Waals surface area contributed by atoms with E-state index >= 15 is 0 Å². The van der Waals surface area contributed by atoms with E-state index in [0.717, 1.165) is 0 Å². The van der Waals surface area contributed by atoms with Gasteiger partial charge in [0.05, 0.1) is 6.10 Å². The van der Waals surface area contributed by atoms with E-state index in [1.165, 1.54) is 15.6 Å². The van der Waals surface area contributed by atoms with Crippen molar-refractivity contribution >= 4 is 21.4 Å². The average molecular weight is 261 g/mol. The first kappa shape index (κ1) is 12.0. The van der Waals surface area contributed by atoms with Gasteiger partial charge >= 0.3 is 0 Å². The number of aliphatic hydroxyl groups is 1. The van der Waals surface area contributed by atoms with Crippen LogP contribution in [0.15, 0.2) is 21.7 Å². The molecule has 16 heavy (non-hydrogen) atoms. The van der Waals surface area contributed by atoms with Gasteiger partial charge in [-0.15, -0.1) is 11.3 Å². The first-order valence-corrected chi connectivity index (χ1v) is 7.55. The van der Waals surface area contributed by atoms with Gasteiger partial charge in [0.15, 0.2) is 0 Å². The summed E-state index contributed by atoms with van der Waals surface area (Å²) in [4.78, 5) is 0. The number of hydrogen-bond donors (Lipinski definition) is 1. The van der Waals surface area contributed by atoms with Crippen molar-refractivity contribution in [3.05, 3.63) is 17.5 Å². The van der Waals surface area contributed by atoms with Crippen LogP contribution in [0.5, 0.6) is 0 Å². The first-order valence-electron chi connectivity index (χ1n) is 5.23. The normalized spacial score (nSPS) is 28.1. The molecule has 1 saturated heterocycles. The molecule has 1 aliphatic rings. The van der Waals surface area contributed by atoms with Crippen molar-refractivity contribution in [1.29, 1.82) is 0 Å². The summed E-state index contributed by atoms with van der Waals surface area (Å²) in [6.45, 7) is 2.65. The third kappa shape index (κ3) is 2.15. The van der Waals surface area contributed by atoms with Gasteiger partial charge in [0.1, 0.15) is 4.21 Å². The smallest absolute Gasteiger partial charge is 0.252 e. The van der Waals surface area contributed by atoms with Crippen LogP contribution in [0.1, 0.15) is 13.3 Å². The number of nitrogens with zero attached hydrogens (tertiary/aromatic N) is 1. The van der Waals surface area contributed by atoms with Crippen LogP contribution < -0.4 is 0 Å². The van der Waals surface area contributed by atoms with Crippen LogP contribution >= 0.6 is 11.3 Å². The molecule has 0 saturated carbocycles. The molecular weight excluding hydrogens is 246 g/mol. The zero-order chi connectivity index (χ0) is 11.8. The number of aliphatic hydroxyl groups excluding tert-OH is 1. The first-order chi connectivity index (χ1) is 7.51. The van der Waals surface area contributed by atoms with Crippen molar-refractivity contribution in [2.75, 3.05) is 13.1 Å². The molecule has 0 aliphatic carbocycles. The highest BCUT2D eigenvalue weighted by molar-refractivity contribution is 7.91. The Balaban J connectivity index is 2.20. The van der Waals surface area contributed by atoms with Gasteiger partial charge < -0.3 is 5.11 Å². The molecule has 1 aromatic rings. The van der Waals surface area contributed by atoms with Crippen LogP contribution in [0.25, 0.3) is 0 Å². The van der Waals surface area contributed by atoms with Gasteiger partial charge in [0.25, 0.3) is 10.0 Å². The topological polar surface area (TPSA) is 57.6 Å². The molecule has 6 heteroatoms. The van der Waals surface area contributed by atoms with Crippen LogP contribution in [0.3, 0.4) is 0 Å². The summed E-state index contributed by atoms with van der Waals surface area (Å²) in [6, 6.07) is 3.32. The lowest BCUT2D eigenvalue weighted by molar-refractivity contribution is 0.0606. The number of piperidine rings is 1. The summed E-state index contributed by atoms with van der Waals surface area (Å²) in [5.74, 6) is 0.176. The molecule has 0 aromatic carbocycles. The van der Waals surface area contributed by atoms with Gasteiger partial charge in [-0.2, -0.15) is 4.31 Å². The Morgan fingerprint density at radius 1 is 1.56 bits per heavy atom. The highest BCUT2D eigenvalue weighted by atomic mass is 32.2. The molecule has 0 radical (unpaired) electrons. The Morgan fingerprint density at radius 3 is 2.88 bits per heavy atom. The van der Waals surface area contributed by atoms with Crippen LogP contribution in [-0.2, 0) is 10.0 Å². The van der Waals surface area contributed by atoms with Gasteiger partial charge in [-0.25, -0.2) is 8.42 Å². The third-order valence-corrected chi connectivity index (χ3v) is 6.21. The summed E-state index contributed by atoms with van der Waals surface area (Å²) in [5.41, 5.74) is 0. The second kappa shape index (κ2) is 4.44. The fraction of sp³-hybridized carbons (Fsp3) is 0.600. The van der Waals surface area contributed by atoms with E-state index in [4.69, 9.17) is 0 Å². The second-order valence-corrected chi connectivity index (χ2v) is 7.24. The van der Waals surface area contributed by atoms with Crippen LogP contribution in [0, 0.1) is 5.92 Å². The lowest BCUT2D eigenvalue weighted by Gasteiger charge is -2.32.